The first-order chi connectivity index (χ1) is 11.0. The summed E-state index contributed by atoms with van der Waals surface area (Å²) in [7, 11) is 0. The lowest BCUT2D eigenvalue weighted by molar-refractivity contribution is -0.131. The third-order valence-corrected chi connectivity index (χ3v) is 3.17. The van der Waals surface area contributed by atoms with Crippen molar-refractivity contribution >= 4 is 17.7 Å². The molecule has 0 spiro atoms. The van der Waals surface area contributed by atoms with E-state index in [1.54, 1.807) is 24.3 Å². The zero-order chi connectivity index (χ0) is 16.7. The molecule has 5 nitrogen and oxygen atoms in total. The molecule has 5 heteroatoms. The van der Waals surface area contributed by atoms with Crippen LogP contribution in [-0.4, -0.2) is 18.5 Å². The van der Waals surface area contributed by atoms with Crippen LogP contribution in [0.3, 0.4) is 0 Å². The number of benzene rings is 2. The monoisotopic (exact) mass is 312 g/mol. The van der Waals surface area contributed by atoms with Gasteiger partial charge in [-0.3, -0.25) is 4.79 Å². The Morgan fingerprint density at radius 3 is 2.52 bits per heavy atom. The van der Waals surface area contributed by atoms with E-state index in [4.69, 9.17) is 4.74 Å². The van der Waals surface area contributed by atoms with E-state index in [1.165, 1.54) is 18.1 Å². The van der Waals surface area contributed by atoms with Gasteiger partial charge in [0.05, 0.1) is 0 Å². The fourth-order valence-corrected chi connectivity index (χ4v) is 2.05. The van der Waals surface area contributed by atoms with Crippen molar-refractivity contribution in [3.05, 3.63) is 59.7 Å². The van der Waals surface area contributed by atoms with Crippen LogP contribution in [0.2, 0.25) is 0 Å². The first-order valence-electron chi connectivity index (χ1n) is 7.42. The first-order valence-corrected chi connectivity index (χ1v) is 7.42. The van der Waals surface area contributed by atoms with Gasteiger partial charge < -0.3 is 15.4 Å². The topological polar surface area (TPSA) is 67.4 Å². The summed E-state index contributed by atoms with van der Waals surface area (Å²) in [5, 5.41) is 5.51. The summed E-state index contributed by atoms with van der Waals surface area (Å²) in [6.45, 7) is 3.91. The predicted octanol–water partition coefficient (Wildman–Crippen LogP) is 3.28. The molecule has 0 aromatic heterocycles. The Bertz CT molecular complexity index is 681. The van der Waals surface area contributed by atoms with Gasteiger partial charge in [0, 0.05) is 25.2 Å². The van der Waals surface area contributed by atoms with E-state index in [1.807, 2.05) is 6.92 Å². The summed E-state index contributed by atoms with van der Waals surface area (Å²) in [6.07, 6.45) is 0.765. The second-order valence-electron chi connectivity index (χ2n) is 5.24. The van der Waals surface area contributed by atoms with Crippen molar-refractivity contribution in [3.8, 4) is 5.75 Å². The van der Waals surface area contributed by atoms with Gasteiger partial charge in [-0.1, -0.05) is 35.9 Å². The Morgan fingerprint density at radius 1 is 1.09 bits per heavy atom. The molecule has 0 bridgehead atoms. The zero-order valence-electron chi connectivity index (χ0n) is 13.3. The normalized spacial score (nSPS) is 10.0. The minimum Gasteiger partial charge on any atom is -0.427 e. The molecule has 0 aliphatic rings. The lowest BCUT2D eigenvalue weighted by Gasteiger charge is -2.09. The predicted molar refractivity (Wildman–Crippen MR) is 89.7 cm³/mol. The van der Waals surface area contributed by atoms with Crippen molar-refractivity contribution in [3.63, 3.8) is 0 Å². The number of carbonyl (C=O) groups excluding carboxylic acids is 2. The van der Waals surface area contributed by atoms with Crippen LogP contribution in [-0.2, 0) is 11.2 Å². The van der Waals surface area contributed by atoms with Gasteiger partial charge in [0.2, 0.25) is 0 Å². The standard InChI is InChI=1S/C18H20N2O3/c1-13-6-8-15(9-7-13)10-11-19-18(22)20-16-4-3-5-17(12-16)23-14(2)21/h3-9,12H,10-11H2,1-2H3,(H2,19,20,22). The fraction of sp³-hybridized carbons (Fsp3) is 0.222. The van der Waals surface area contributed by atoms with Crippen molar-refractivity contribution < 1.29 is 14.3 Å². The molecule has 0 atom stereocenters. The molecule has 0 radical (unpaired) electrons. The van der Waals surface area contributed by atoms with Gasteiger partial charge in [-0.05, 0) is 31.0 Å². The van der Waals surface area contributed by atoms with Gasteiger partial charge in [0.1, 0.15) is 5.75 Å². The number of nitrogens with one attached hydrogen (secondary N) is 2. The zero-order valence-corrected chi connectivity index (χ0v) is 13.3. The Morgan fingerprint density at radius 2 is 1.83 bits per heavy atom. The molecule has 2 aromatic carbocycles. The second-order valence-corrected chi connectivity index (χ2v) is 5.24. The van der Waals surface area contributed by atoms with Crippen LogP contribution in [0, 0.1) is 6.92 Å². The van der Waals surface area contributed by atoms with Crippen LogP contribution in [0.1, 0.15) is 18.1 Å². The Hall–Kier alpha value is -2.82. The average Bonchev–Trinajstić information content (AvgIpc) is 2.49. The highest BCUT2D eigenvalue weighted by atomic mass is 16.5. The number of anilines is 1. The maximum atomic E-state index is 11.9. The summed E-state index contributed by atoms with van der Waals surface area (Å²) in [5.74, 6) is -0.000320. The highest BCUT2D eigenvalue weighted by Gasteiger charge is 2.04. The molecule has 23 heavy (non-hydrogen) atoms. The van der Waals surface area contributed by atoms with Gasteiger partial charge in [-0.2, -0.15) is 0 Å². The van der Waals surface area contributed by atoms with Crippen molar-refractivity contribution in [1.29, 1.82) is 0 Å². The van der Waals surface area contributed by atoms with Crippen LogP contribution in [0.4, 0.5) is 10.5 Å². The van der Waals surface area contributed by atoms with E-state index >= 15 is 0 Å². The van der Waals surface area contributed by atoms with Gasteiger partial charge in [0.25, 0.3) is 0 Å². The summed E-state index contributed by atoms with van der Waals surface area (Å²) < 4.78 is 4.97. The van der Waals surface area contributed by atoms with Gasteiger partial charge in [0.15, 0.2) is 0 Å². The molecule has 120 valence electrons. The number of urea groups is 1. The number of carbonyl (C=O) groups is 2. The van der Waals surface area contributed by atoms with Crippen LogP contribution >= 0.6 is 0 Å². The third-order valence-electron chi connectivity index (χ3n) is 3.17. The smallest absolute Gasteiger partial charge is 0.319 e. The van der Waals surface area contributed by atoms with E-state index in [0.29, 0.717) is 18.0 Å². The number of amides is 2. The molecule has 2 N–H and O–H groups in total. The molecule has 2 rings (SSSR count). The number of hydrogen-bond donors (Lipinski definition) is 2. The third kappa shape index (κ3) is 5.82. The highest BCUT2D eigenvalue weighted by Crippen LogP contribution is 2.17. The molecule has 2 aromatic rings. The van der Waals surface area contributed by atoms with Crippen LogP contribution in [0.25, 0.3) is 0 Å². The van der Waals surface area contributed by atoms with E-state index in [0.717, 1.165) is 6.42 Å². The maximum absolute atomic E-state index is 11.9. The molecule has 0 saturated carbocycles. The summed E-state index contributed by atoms with van der Waals surface area (Å²) >= 11 is 0. The summed E-state index contributed by atoms with van der Waals surface area (Å²) in [6, 6.07) is 14.6. The minimum absolute atomic E-state index is 0.294. The van der Waals surface area contributed by atoms with E-state index in [-0.39, 0.29) is 6.03 Å². The molecule has 0 aliphatic heterocycles. The molecule has 2 amide bonds. The SMILES string of the molecule is CC(=O)Oc1cccc(NC(=O)NCCc2ccc(C)cc2)c1. The number of hydrogen-bond acceptors (Lipinski definition) is 3. The Balaban J connectivity index is 1.80. The number of rotatable bonds is 5. The van der Waals surface area contributed by atoms with Crippen molar-refractivity contribution in [1.82, 2.24) is 5.32 Å². The van der Waals surface area contributed by atoms with Crippen LogP contribution < -0.4 is 15.4 Å². The van der Waals surface area contributed by atoms with Gasteiger partial charge in [-0.25, -0.2) is 4.79 Å². The molecule has 0 saturated heterocycles. The van der Waals surface area contributed by atoms with E-state index in [2.05, 4.69) is 34.9 Å². The van der Waals surface area contributed by atoms with Crippen molar-refractivity contribution in [2.24, 2.45) is 0 Å². The second kappa shape index (κ2) is 7.98. The molecule has 0 aliphatic carbocycles. The molecule has 0 unspecified atom stereocenters. The van der Waals surface area contributed by atoms with Crippen LogP contribution in [0.5, 0.6) is 5.75 Å². The van der Waals surface area contributed by atoms with Gasteiger partial charge in [-0.15, -0.1) is 0 Å². The van der Waals surface area contributed by atoms with Crippen LogP contribution in [0.15, 0.2) is 48.5 Å². The Labute approximate surface area is 135 Å². The highest BCUT2D eigenvalue weighted by molar-refractivity contribution is 5.89. The lowest BCUT2D eigenvalue weighted by Crippen LogP contribution is -2.30. The molecular weight excluding hydrogens is 292 g/mol. The van der Waals surface area contributed by atoms with Gasteiger partial charge >= 0.3 is 12.0 Å². The van der Waals surface area contributed by atoms with Crippen molar-refractivity contribution in [2.75, 3.05) is 11.9 Å². The molecule has 0 heterocycles. The van der Waals surface area contributed by atoms with E-state index in [9.17, 15) is 9.59 Å². The van der Waals surface area contributed by atoms with Crippen molar-refractivity contribution in [2.45, 2.75) is 20.3 Å². The minimum atomic E-state index is -0.398. The summed E-state index contributed by atoms with van der Waals surface area (Å²) in [5.41, 5.74) is 2.96. The number of aryl methyl sites for hydroxylation is 1. The molecular formula is C18H20N2O3. The largest absolute Gasteiger partial charge is 0.427 e. The quantitative estimate of drug-likeness (QED) is 0.657. The lowest BCUT2D eigenvalue weighted by atomic mass is 10.1. The summed E-state index contributed by atoms with van der Waals surface area (Å²) in [4.78, 5) is 22.8. The number of esters is 1. The maximum Gasteiger partial charge on any atom is 0.319 e. The van der Waals surface area contributed by atoms with E-state index < -0.39 is 5.97 Å². The Kier molecular flexibility index (Phi) is 5.74. The first kappa shape index (κ1) is 16.5. The number of ether oxygens (including phenoxy) is 1. The fourth-order valence-electron chi connectivity index (χ4n) is 2.05. The molecule has 0 fully saturated rings. The average molecular weight is 312 g/mol.